The van der Waals surface area contributed by atoms with Gasteiger partial charge in [0, 0.05) is 17.5 Å². The first-order valence-electron chi connectivity index (χ1n) is 5.89. The highest BCUT2D eigenvalue weighted by Gasteiger charge is 2.03. The van der Waals surface area contributed by atoms with E-state index in [0.717, 1.165) is 28.7 Å². The molecule has 2 aromatic rings. The second-order valence-electron chi connectivity index (χ2n) is 3.79. The molecule has 5 heteroatoms. The average molecular weight is 260 g/mol. The molecule has 94 valence electrons. The quantitative estimate of drug-likeness (QED) is 0.809. The van der Waals surface area contributed by atoms with Crippen LogP contribution in [0.4, 0.5) is 11.8 Å². The van der Waals surface area contributed by atoms with E-state index in [1.54, 1.807) is 11.8 Å². The number of hydrogen-bond acceptors (Lipinski definition) is 5. The molecule has 1 aromatic heterocycles. The van der Waals surface area contributed by atoms with E-state index in [1.807, 2.05) is 36.4 Å². The van der Waals surface area contributed by atoms with Crippen LogP contribution in [0.1, 0.15) is 13.3 Å². The summed E-state index contributed by atoms with van der Waals surface area (Å²) in [6, 6.07) is 12.0. The van der Waals surface area contributed by atoms with E-state index in [0.29, 0.717) is 5.95 Å². The summed E-state index contributed by atoms with van der Waals surface area (Å²) in [4.78, 5) is 9.52. The van der Waals surface area contributed by atoms with Crippen molar-refractivity contribution in [1.82, 2.24) is 9.97 Å². The molecule has 2 rings (SSSR count). The Morgan fingerprint density at radius 1 is 1.22 bits per heavy atom. The fourth-order valence-electron chi connectivity index (χ4n) is 1.45. The number of anilines is 2. The zero-order valence-electron chi connectivity index (χ0n) is 10.3. The van der Waals surface area contributed by atoms with E-state index < -0.39 is 0 Å². The zero-order valence-corrected chi connectivity index (χ0v) is 11.1. The number of nitrogen functional groups attached to an aromatic ring is 1. The van der Waals surface area contributed by atoms with Gasteiger partial charge in [-0.3, -0.25) is 0 Å². The first-order valence-corrected chi connectivity index (χ1v) is 6.71. The number of nitrogens with one attached hydrogen (secondary N) is 1. The van der Waals surface area contributed by atoms with Gasteiger partial charge < -0.3 is 11.1 Å². The maximum atomic E-state index is 5.71. The van der Waals surface area contributed by atoms with Crippen molar-refractivity contribution in [2.24, 2.45) is 0 Å². The third-order valence-corrected chi connectivity index (χ3v) is 3.17. The molecule has 3 N–H and O–H groups in total. The largest absolute Gasteiger partial charge is 0.370 e. The maximum absolute atomic E-state index is 5.71. The second kappa shape index (κ2) is 6.26. The molecule has 0 radical (unpaired) electrons. The molecule has 4 nitrogen and oxygen atoms in total. The lowest BCUT2D eigenvalue weighted by atomic mass is 10.4. The van der Waals surface area contributed by atoms with E-state index >= 15 is 0 Å². The molecule has 0 aliphatic heterocycles. The fraction of sp³-hybridized carbons (Fsp3) is 0.231. The monoisotopic (exact) mass is 260 g/mol. The molecule has 0 atom stereocenters. The van der Waals surface area contributed by atoms with E-state index in [1.165, 1.54) is 0 Å². The molecular weight excluding hydrogens is 244 g/mol. The Morgan fingerprint density at radius 3 is 2.72 bits per heavy atom. The van der Waals surface area contributed by atoms with Gasteiger partial charge >= 0.3 is 0 Å². The Labute approximate surface area is 111 Å². The van der Waals surface area contributed by atoms with Crippen molar-refractivity contribution in [3.05, 3.63) is 36.4 Å². The van der Waals surface area contributed by atoms with E-state index in [-0.39, 0.29) is 0 Å². The minimum Gasteiger partial charge on any atom is -0.370 e. The minimum atomic E-state index is 0.300. The summed E-state index contributed by atoms with van der Waals surface area (Å²) in [5, 5.41) is 4.07. The lowest BCUT2D eigenvalue weighted by molar-refractivity contribution is 0.957. The predicted molar refractivity (Wildman–Crippen MR) is 75.8 cm³/mol. The molecule has 0 saturated heterocycles. The Morgan fingerprint density at radius 2 is 2.00 bits per heavy atom. The number of aromatic nitrogens is 2. The van der Waals surface area contributed by atoms with E-state index in [4.69, 9.17) is 5.73 Å². The van der Waals surface area contributed by atoms with Crippen LogP contribution in [0.25, 0.3) is 0 Å². The molecule has 0 bridgehead atoms. The molecule has 1 heterocycles. The van der Waals surface area contributed by atoms with Crippen LogP contribution in [0.2, 0.25) is 0 Å². The van der Waals surface area contributed by atoms with Gasteiger partial charge in [0.2, 0.25) is 5.95 Å². The van der Waals surface area contributed by atoms with Gasteiger partial charge in [0.05, 0.1) is 0 Å². The summed E-state index contributed by atoms with van der Waals surface area (Å²) in [6.07, 6.45) is 1.05. The van der Waals surface area contributed by atoms with Crippen molar-refractivity contribution >= 4 is 23.5 Å². The molecule has 0 fully saturated rings. The molecule has 0 aliphatic carbocycles. The summed E-state index contributed by atoms with van der Waals surface area (Å²) < 4.78 is 0. The lowest BCUT2D eigenvalue weighted by Crippen LogP contribution is -2.05. The number of nitrogens with two attached hydrogens (primary N) is 1. The second-order valence-corrected chi connectivity index (χ2v) is 4.89. The first kappa shape index (κ1) is 12.7. The SMILES string of the molecule is CCCNc1cc(Sc2ccccc2)nc(N)n1. The van der Waals surface area contributed by atoms with Crippen LogP contribution in [-0.2, 0) is 0 Å². The van der Waals surface area contributed by atoms with E-state index in [2.05, 4.69) is 22.2 Å². The number of benzene rings is 1. The highest BCUT2D eigenvalue weighted by Crippen LogP contribution is 2.27. The van der Waals surface area contributed by atoms with E-state index in [9.17, 15) is 0 Å². The average Bonchev–Trinajstić information content (AvgIpc) is 2.37. The van der Waals surface area contributed by atoms with Gasteiger partial charge in [0.25, 0.3) is 0 Å². The molecule has 0 saturated carbocycles. The van der Waals surface area contributed by atoms with Crippen molar-refractivity contribution < 1.29 is 0 Å². The van der Waals surface area contributed by atoms with Gasteiger partial charge in [-0.05, 0) is 18.6 Å². The summed E-state index contributed by atoms with van der Waals surface area (Å²) in [5.74, 6) is 1.08. The molecule has 0 amide bonds. The molecule has 1 aromatic carbocycles. The Balaban J connectivity index is 2.15. The topological polar surface area (TPSA) is 63.8 Å². The molecular formula is C13H16N4S. The Hall–Kier alpha value is -1.75. The summed E-state index contributed by atoms with van der Waals surface area (Å²) in [5.41, 5.74) is 5.71. The summed E-state index contributed by atoms with van der Waals surface area (Å²) in [7, 11) is 0. The number of hydrogen-bond donors (Lipinski definition) is 2. The molecule has 0 spiro atoms. The molecule has 0 unspecified atom stereocenters. The first-order chi connectivity index (χ1) is 8.78. The van der Waals surface area contributed by atoms with Crippen LogP contribution >= 0.6 is 11.8 Å². The van der Waals surface area contributed by atoms with Gasteiger partial charge in [-0.25, -0.2) is 4.98 Å². The van der Waals surface area contributed by atoms with Gasteiger partial charge in [-0.15, -0.1) is 0 Å². The summed E-state index contributed by atoms with van der Waals surface area (Å²) in [6.45, 7) is 2.99. The lowest BCUT2D eigenvalue weighted by Gasteiger charge is -2.07. The van der Waals surface area contributed by atoms with Crippen LogP contribution in [-0.4, -0.2) is 16.5 Å². The Bertz CT molecular complexity index is 502. The van der Waals surface area contributed by atoms with Crippen molar-refractivity contribution in [1.29, 1.82) is 0 Å². The Kier molecular flexibility index (Phi) is 4.41. The van der Waals surface area contributed by atoms with Crippen molar-refractivity contribution in [2.45, 2.75) is 23.3 Å². The van der Waals surface area contributed by atoms with Crippen LogP contribution in [0.3, 0.4) is 0 Å². The summed E-state index contributed by atoms with van der Waals surface area (Å²) >= 11 is 1.58. The van der Waals surface area contributed by atoms with Crippen molar-refractivity contribution in [2.75, 3.05) is 17.6 Å². The predicted octanol–water partition coefficient (Wildman–Crippen LogP) is 3.03. The standard InChI is InChI=1S/C13H16N4S/c1-2-8-15-11-9-12(17-13(14)16-11)18-10-6-4-3-5-7-10/h3-7,9H,2,8H2,1H3,(H3,14,15,16,17). The maximum Gasteiger partial charge on any atom is 0.223 e. The zero-order chi connectivity index (χ0) is 12.8. The van der Waals surface area contributed by atoms with Crippen LogP contribution in [0.5, 0.6) is 0 Å². The molecule has 18 heavy (non-hydrogen) atoms. The van der Waals surface area contributed by atoms with Gasteiger partial charge in [0.15, 0.2) is 0 Å². The van der Waals surface area contributed by atoms with Gasteiger partial charge in [-0.2, -0.15) is 4.98 Å². The van der Waals surface area contributed by atoms with Crippen LogP contribution in [0.15, 0.2) is 46.3 Å². The smallest absolute Gasteiger partial charge is 0.223 e. The van der Waals surface area contributed by atoms with Crippen molar-refractivity contribution in [3.63, 3.8) is 0 Å². The third kappa shape index (κ3) is 3.63. The van der Waals surface area contributed by atoms with Crippen molar-refractivity contribution in [3.8, 4) is 0 Å². The van der Waals surface area contributed by atoms with Gasteiger partial charge in [-0.1, -0.05) is 36.9 Å². The number of rotatable bonds is 5. The van der Waals surface area contributed by atoms with Crippen LogP contribution < -0.4 is 11.1 Å². The number of nitrogens with zero attached hydrogens (tertiary/aromatic N) is 2. The highest BCUT2D eigenvalue weighted by molar-refractivity contribution is 7.99. The van der Waals surface area contributed by atoms with Crippen LogP contribution in [0, 0.1) is 0 Å². The minimum absolute atomic E-state index is 0.300. The van der Waals surface area contributed by atoms with Gasteiger partial charge in [0.1, 0.15) is 10.8 Å². The normalized spacial score (nSPS) is 10.3. The molecule has 0 aliphatic rings. The highest BCUT2D eigenvalue weighted by atomic mass is 32.2. The third-order valence-electron chi connectivity index (χ3n) is 2.24. The fourth-order valence-corrected chi connectivity index (χ4v) is 2.29.